The molecule has 0 radical (unpaired) electrons. The van der Waals surface area contributed by atoms with Gasteiger partial charge >= 0.3 is 0 Å². The summed E-state index contributed by atoms with van der Waals surface area (Å²) in [5, 5.41) is 10.3. The van der Waals surface area contributed by atoms with Crippen LogP contribution in [0, 0.1) is 6.92 Å². The molecule has 0 atom stereocenters. The molecule has 0 aliphatic rings. The van der Waals surface area contributed by atoms with Gasteiger partial charge in [0.2, 0.25) is 5.16 Å². The summed E-state index contributed by atoms with van der Waals surface area (Å²) in [6.45, 7) is 5.10. The molecule has 0 bridgehead atoms. The van der Waals surface area contributed by atoms with E-state index in [4.69, 9.17) is 0 Å². The molecule has 3 rings (SSSR count). The number of benzene rings is 1. The van der Waals surface area contributed by atoms with Crippen LogP contribution in [0.25, 0.3) is 22.1 Å². The summed E-state index contributed by atoms with van der Waals surface area (Å²) in [5.41, 5.74) is 4.23. The average Bonchev–Trinajstić information content (AvgIpc) is 2.70. The molecule has 1 aromatic carbocycles. The third-order valence-electron chi connectivity index (χ3n) is 3.10. The van der Waals surface area contributed by atoms with Gasteiger partial charge in [0.05, 0.1) is 5.52 Å². The zero-order valence-electron chi connectivity index (χ0n) is 10.6. The quantitative estimate of drug-likeness (QED) is 0.663. The van der Waals surface area contributed by atoms with Gasteiger partial charge in [0.1, 0.15) is 5.52 Å². The lowest BCUT2D eigenvalue weighted by Gasteiger charge is -2.01. The van der Waals surface area contributed by atoms with Crippen LogP contribution >= 0.6 is 11.8 Å². The Hall–Kier alpha value is -1.62. The summed E-state index contributed by atoms with van der Waals surface area (Å²) in [5.74, 6) is 0. The van der Waals surface area contributed by atoms with Crippen molar-refractivity contribution in [1.29, 1.82) is 0 Å². The van der Waals surface area contributed by atoms with E-state index < -0.39 is 0 Å². The Labute approximate surface area is 109 Å². The summed E-state index contributed by atoms with van der Waals surface area (Å²) < 4.78 is 2.19. The maximum atomic E-state index is 4.58. The van der Waals surface area contributed by atoms with E-state index in [9.17, 15) is 0 Å². The normalized spacial score (nSPS) is 11.5. The molecule has 18 heavy (non-hydrogen) atoms. The highest BCUT2D eigenvalue weighted by atomic mass is 32.2. The van der Waals surface area contributed by atoms with Crippen LogP contribution in [0.5, 0.6) is 0 Å². The SMILES string of the molecule is CCn1c2ccc(C)cc2c2nnc(SC)nc21. The van der Waals surface area contributed by atoms with E-state index in [0.717, 1.165) is 28.3 Å². The Bertz CT molecular complexity index is 733. The fourth-order valence-corrected chi connectivity index (χ4v) is 2.56. The van der Waals surface area contributed by atoms with Crippen molar-refractivity contribution in [2.24, 2.45) is 0 Å². The number of aromatic nitrogens is 4. The average molecular weight is 258 g/mol. The van der Waals surface area contributed by atoms with Crippen LogP contribution in [0.15, 0.2) is 23.4 Å². The lowest BCUT2D eigenvalue weighted by Crippen LogP contribution is -1.98. The van der Waals surface area contributed by atoms with Gasteiger partial charge in [-0.15, -0.1) is 10.2 Å². The van der Waals surface area contributed by atoms with Crippen LogP contribution in [-0.2, 0) is 6.54 Å². The van der Waals surface area contributed by atoms with Crippen LogP contribution in [0.2, 0.25) is 0 Å². The highest BCUT2D eigenvalue weighted by Gasteiger charge is 2.13. The van der Waals surface area contributed by atoms with E-state index in [2.05, 4.69) is 51.8 Å². The third-order valence-corrected chi connectivity index (χ3v) is 3.64. The van der Waals surface area contributed by atoms with E-state index >= 15 is 0 Å². The van der Waals surface area contributed by atoms with Crippen molar-refractivity contribution in [2.75, 3.05) is 6.26 Å². The molecule has 0 aliphatic heterocycles. The molecule has 0 fully saturated rings. The van der Waals surface area contributed by atoms with Crippen molar-refractivity contribution in [2.45, 2.75) is 25.5 Å². The minimum Gasteiger partial charge on any atom is -0.324 e. The first-order valence-electron chi connectivity index (χ1n) is 5.92. The molecule has 4 nitrogen and oxygen atoms in total. The van der Waals surface area contributed by atoms with Crippen LogP contribution in [-0.4, -0.2) is 26.0 Å². The summed E-state index contributed by atoms with van der Waals surface area (Å²) in [6, 6.07) is 6.41. The molecule has 0 N–H and O–H groups in total. The molecule has 0 amide bonds. The zero-order valence-corrected chi connectivity index (χ0v) is 11.5. The van der Waals surface area contributed by atoms with Gasteiger partial charge in [-0.1, -0.05) is 23.4 Å². The number of aryl methyl sites for hydroxylation is 2. The minimum atomic E-state index is 0.719. The Balaban J connectivity index is 2.48. The lowest BCUT2D eigenvalue weighted by molar-refractivity contribution is 0.790. The maximum absolute atomic E-state index is 4.58. The predicted octanol–water partition coefficient (Wildman–Crippen LogP) is 3.03. The summed E-state index contributed by atoms with van der Waals surface area (Å²) in [7, 11) is 0. The number of hydrogen-bond acceptors (Lipinski definition) is 4. The van der Waals surface area contributed by atoms with E-state index in [1.165, 1.54) is 22.8 Å². The summed E-state index contributed by atoms with van der Waals surface area (Å²) in [6.07, 6.45) is 1.96. The molecule has 0 saturated heterocycles. The van der Waals surface area contributed by atoms with Gasteiger partial charge in [-0.25, -0.2) is 4.98 Å². The van der Waals surface area contributed by atoms with Crippen molar-refractivity contribution in [3.8, 4) is 0 Å². The number of hydrogen-bond donors (Lipinski definition) is 0. The predicted molar refractivity (Wildman–Crippen MR) is 75.0 cm³/mol. The maximum Gasteiger partial charge on any atom is 0.210 e. The van der Waals surface area contributed by atoms with Gasteiger partial charge in [-0.2, -0.15) is 0 Å². The molecular formula is C13H14N4S. The van der Waals surface area contributed by atoms with Crippen molar-refractivity contribution in [3.05, 3.63) is 23.8 Å². The van der Waals surface area contributed by atoms with Gasteiger partial charge in [-0.3, -0.25) is 0 Å². The van der Waals surface area contributed by atoms with E-state index in [1.54, 1.807) is 0 Å². The molecule has 92 valence electrons. The second-order valence-electron chi connectivity index (χ2n) is 4.24. The minimum absolute atomic E-state index is 0.719. The molecule has 2 aromatic heterocycles. The summed E-state index contributed by atoms with van der Waals surface area (Å²) >= 11 is 1.52. The van der Waals surface area contributed by atoms with Gasteiger partial charge in [0.25, 0.3) is 0 Å². The smallest absolute Gasteiger partial charge is 0.210 e. The zero-order chi connectivity index (χ0) is 12.7. The van der Waals surface area contributed by atoms with E-state index in [1.807, 2.05) is 6.26 Å². The molecule has 0 aliphatic carbocycles. The van der Waals surface area contributed by atoms with Crippen molar-refractivity contribution >= 4 is 33.8 Å². The number of thioether (sulfide) groups is 1. The Kier molecular flexibility index (Phi) is 2.70. The number of rotatable bonds is 2. The lowest BCUT2D eigenvalue weighted by atomic mass is 10.2. The van der Waals surface area contributed by atoms with E-state index in [-0.39, 0.29) is 0 Å². The van der Waals surface area contributed by atoms with Crippen LogP contribution in [0.1, 0.15) is 12.5 Å². The fourth-order valence-electron chi connectivity index (χ4n) is 2.26. The second kappa shape index (κ2) is 4.24. The van der Waals surface area contributed by atoms with Crippen LogP contribution in [0.3, 0.4) is 0 Å². The molecule has 0 spiro atoms. The number of fused-ring (bicyclic) bond motifs is 3. The standard InChI is InChI=1S/C13H14N4S/c1-4-17-10-6-5-8(2)7-9(10)11-12(17)14-13(18-3)16-15-11/h5-7H,4H2,1-3H3. The highest BCUT2D eigenvalue weighted by molar-refractivity contribution is 7.98. The third kappa shape index (κ3) is 1.58. The first-order valence-corrected chi connectivity index (χ1v) is 7.14. The highest BCUT2D eigenvalue weighted by Crippen LogP contribution is 2.27. The molecule has 3 aromatic rings. The first-order chi connectivity index (χ1) is 8.74. The summed E-state index contributed by atoms with van der Waals surface area (Å²) in [4.78, 5) is 4.58. The molecule has 0 saturated carbocycles. The fraction of sp³-hybridized carbons (Fsp3) is 0.308. The first kappa shape index (κ1) is 11.5. The molecular weight excluding hydrogens is 244 g/mol. The Morgan fingerprint density at radius 1 is 1.28 bits per heavy atom. The topological polar surface area (TPSA) is 43.6 Å². The van der Waals surface area contributed by atoms with Crippen molar-refractivity contribution < 1.29 is 0 Å². The Morgan fingerprint density at radius 2 is 2.11 bits per heavy atom. The molecule has 0 unspecified atom stereocenters. The van der Waals surface area contributed by atoms with Gasteiger partial charge in [0.15, 0.2) is 5.65 Å². The van der Waals surface area contributed by atoms with Gasteiger partial charge in [-0.05, 0) is 32.2 Å². The largest absolute Gasteiger partial charge is 0.324 e. The van der Waals surface area contributed by atoms with Crippen molar-refractivity contribution in [1.82, 2.24) is 19.7 Å². The molecule has 5 heteroatoms. The van der Waals surface area contributed by atoms with Crippen molar-refractivity contribution in [3.63, 3.8) is 0 Å². The van der Waals surface area contributed by atoms with Gasteiger partial charge in [0, 0.05) is 11.9 Å². The van der Waals surface area contributed by atoms with Crippen LogP contribution in [0.4, 0.5) is 0 Å². The second-order valence-corrected chi connectivity index (χ2v) is 5.01. The monoisotopic (exact) mass is 258 g/mol. The number of nitrogens with zero attached hydrogens (tertiary/aromatic N) is 4. The van der Waals surface area contributed by atoms with E-state index in [0.29, 0.717) is 0 Å². The van der Waals surface area contributed by atoms with Gasteiger partial charge < -0.3 is 4.57 Å². The Morgan fingerprint density at radius 3 is 2.83 bits per heavy atom. The van der Waals surface area contributed by atoms with Crippen LogP contribution < -0.4 is 0 Å². The molecule has 2 heterocycles.